The van der Waals surface area contributed by atoms with Gasteiger partial charge in [0.1, 0.15) is 5.82 Å². The Morgan fingerprint density at radius 3 is 2.94 bits per heavy atom. The summed E-state index contributed by atoms with van der Waals surface area (Å²) >= 11 is 0. The Balaban J connectivity index is 1.71. The third kappa shape index (κ3) is 4.08. The second kappa shape index (κ2) is 5.81. The number of rotatable bonds is 8. The first-order valence-electron chi connectivity index (χ1n) is 6.28. The number of sulfonamides is 1. The second-order valence-electron chi connectivity index (χ2n) is 4.72. The van der Waals surface area contributed by atoms with Gasteiger partial charge in [0.15, 0.2) is 0 Å². The predicted molar refractivity (Wildman–Crippen MR) is 69.7 cm³/mol. The first kappa shape index (κ1) is 13.5. The van der Waals surface area contributed by atoms with Crippen LogP contribution < -0.4 is 10.0 Å². The lowest BCUT2D eigenvalue weighted by molar-refractivity contribution is 0.557. The summed E-state index contributed by atoms with van der Waals surface area (Å²) < 4.78 is 26.4. The van der Waals surface area contributed by atoms with Crippen LogP contribution in [0.2, 0.25) is 0 Å². The van der Waals surface area contributed by atoms with E-state index in [1.807, 2.05) is 0 Å². The van der Waals surface area contributed by atoms with Crippen molar-refractivity contribution in [1.29, 1.82) is 0 Å². The van der Waals surface area contributed by atoms with Crippen molar-refractivity contribution < 1.29 is 8.42 Å². The summed E-state index contributed by atoms with van der Waals surface area (Å²) in [6, 6.07) is 0.533. The third-order valence-corrected chi connectivity index (χ3v) is 4.85. The number of aromatic nitrogens is 2. The van der Waals surface area contributed by atoms with E-state index in [1.54, 1.807) is 19.3 Å². The molecule has 1 fully saturated rings. The summed E-state index contributed by atoms with van der Waals surface area (Å²) in [5, 5.41) is 2.82. The molecule has 0 bridgehead atoms. The monoisotopic (exact) mass is 272 g/mol. The molecular weight excluding hydrogens is 252 g/mol. The fourth-order valence-electron chi connectivity index (χ4n) is 1.62. The Morgan fingerprint density at radius 1 is 1.56 bits per heavy atom. The first-order chi connectivity index (χ1) is 8.58. The van der Waals surface area contributed by atoms with Gasteiger partial charge in [0.05, 0.1) is 5.25 Å². The molecule has 1 aliphatic carbocycles. The molecule has 0 saturated heterocycles. The van der Waals surface area contributed by atoms with Gasteiger partial charge in [-0.15, -0.1) is 0 Å². The van der Waals surface area contributed by atoms with Crippen molar-refractivity contribution in [3.05, 3.63) is 18.2 Å². The molecule has 102 valence electrons. The summed E-state index contributed by atoms with van der Waals surface area (Å²) in [7, 11) is -3.24. The van der Waals surface area contributed by atoms with Crippen molar-refractivity contribution in [2.24, 2.45) is 0 Å². The van der Waals surface area contributed by atoms with Crippen LogP contribution in [0.25, 0.3) is 0 Å². The van der Waals surface area contributed by atoms with Crippen LogP contribution in [-0.4, -0.2) is 42.8 Å². The van der Waals surface area contributed by atoms with Crippen molar-refractivity contribution in [2.45, 2.75) is 37.5 Å². The van der Waals surface area contributed by atoms with Crippen LogP contribution in [-0.2, 0) is 16.4 Å². The van der Waals surface area contributed by atoms with E-state index in [4.69, 9.17) is 0 Å². The smallest absolute Gasteiger partial charge is 0.215 e. The zero-order valence-corrected chi connectivity index (χ0v) is 11.3. The maximum absolute atomic E-state index is 11.9. The zero-order chi connectivity index (χ0) is 13.0. The number of hydrogen-bond donors (Lipinski definition) is 3. The van der Waals surface area contributed by atoms with Crippen molar-refractivity contribution in [3.8, 4) is 0 Å². The quantitative estimate of drug-likeness (QED) is 0.622. The van der Waals surface area contributed by atoms with E-state index in [0.29, 0.717) is 25.6 Å². The number of imidazole rings is 1. The van der Waals surface area contributed by atoms with Gasteiger partial charge in [-0.05, 0) is 19.8 Å². The van der Waals surface area contributed by atoms with Gasteiger partial charge in [0.25, 0.3) is 0 Å². The molecule has 0 aromatic carbocycles. The molecule has 18 heavy (non-hydrogen) atoms. The maximum Gasteiger partial charge on any atom is 0.215 e. The van der Waals surface area contributed by atoms with E-state index < -0.39 is 15.3 Å². The Bertz CT molecular complexity index is 453. The van der Waals surface area contributed by atoms with Gasteiger partial charge >= 0.3 is 0 Å². The van der Waals surface area contributed by atoms with Crippen LogP contribution in [0.1, 0.15) is 25.6 Å². The molecule has 1 aromatic rings. The standard InChI is InChI=1S/C11H20N4O2S/c1-9(8-14-10-2-3-10)18(16,17)15-5-4-11-12-6-7-13-11/h6-7,9-10,14-15H,2-5,8H2,1H3,(H,12,13). The molecular formula is C11H20N4O2S. The van der Waals surface area contributed by atoms with E-state index in [2.05, 4.69) is 20.0 Å². The highest BCUT2D eigenvalue weighted by Gasteiger charge is 2.25. The van der Waals surface area contributed by atoms with Crippen LogP contribution in [0.3, 0.4) is 0 Å². The van der Waals surface area contributed by atoms with Crippen molar-refractivity contribution in [1.82, 2.24) is 20.0 Å². The fourth-order valence-corrected chi connectivity index (χ4v) is 2.61. The van der Waals surface area contributed by atoms with Crippen LogP contribution in [0.4, 0.5) is 0 Å². The molecule has 1 heterocycles. The van der Waals surface area contributed by atoms with E-state index in [-0.39, 0.29) is 0 Å². The average Bonchev–Trinajstić information content (AvgIpc) is 3.02. The minimum atomic E-state index is -3.24. The average molecular weight is 272 g/mol. The van der Waals surface area contributed by atoms with Crippen LogP contribution in [0, 0.1) is 0 Å². The third-order valence-electron chi connectivity index (χ3n) is 3.02. The van der Waals surface area contributed by atoms with Gasteiger partial charge in [-0.2, -0.15) is 0 Å². The van der Waals surface area contributed by atoms with Gasteiger partial charge in [-0.1, -0.05) is 0 Å². The fraction of sp³-hybridized carbons (Fsp3) is 0.727. The first-order valence-corrected chi connectivity index (χ1v) is 7.82. The highest BCUT2D eigenvalue weighted by molar-refractivity contribution is 7.90. The molecule has 1 saturated carbocycles. The molecule has 0 aliphatic heterocycles. The minimum absolute atomic E-state index is 0.379. The minimum Gasteiger partial charge on any atom is -0.349 e. The summed E-state index contributed by atoms with van der Waals surface area (Å²) in [6.45, 7) is 2.62. The summed E-state index contributed by atoms with van der Waals surface area (Å²) in [5.41, 5.74) is 0. The normalized spacial score (nSPS) is 17.8. The molecule has 0 spiro atoms. The molecule has 0 radical (unpaired) electrons. The van der Waals surface area contributed by atoms with Crippen molar-refractivity contribution >= 4 is 10.0 Å². The molecule has 7 heteroatoms. The lowest BCUT2D eigenvalue weighted by Gasteiger charge is -2.14. The van der Waals surface area contributed by atoms with Gasteiger partial charge in [0.2, 0.25) is 10.0 Å². The molecule has 6 nitrogen and oxygen atoms in total. The Hall–Kier alpha value is -0.920. The number of nitrogens with zero attached hydrogens (tertiary/aromatic N) is 1. The molecule has 1 unspecified atom stereocenters. The lowest BCUT2D eigenvalue weighted by Crippen LogP contribution is -2.40. The summed E-state index contributed by atoms with van der Waals surface area (Å²) in [4.78, 5) is 6.99. The molecule has 3 N–H and O–H groups in total. The Kier molecular flexibility index (Phi) is 4.36. The van der Waals surface area contributed by atoms with Crippen LogP contribution in [0.5, 0.6) is 0 Å². The largest absolute Gasteiger partial charge is 0.349 e. The van der Waals surface area contributed by atoms with Crippen molar-refractivity contribution in [3.63, 3.8) is 0 Å². The predicted octanol–water partition coefficient (Wildman–Crippen LogP) is 0.0121. The van der Waals surface area contributed by atoms with Gasteiger partial charge < -0.3 is 10.3 Å². The van der Waals surface area contributed by atoms with Crippen molar-refractivity contribution in [2.75, 3.05) is 13.1 Å². The number of hydrogen-bond acceptors (Lipinski definition) is 4. The highest BCUT2D eigenvalue weighted by Crippen LogP contribution is 2.18. The van der Waals surface area contributed by atoms with Gasteiger partial charge in [-0.25, -0.2) is 18.1 Å². The molecule has 1 aromatic heterocycles. The van der Waals surface area contributed by atoms with E-state index in [0.717, 1.165) is 5.82 Å². The van der Waals surface area contributed by atoms with E-state index in [1.165, 1.54) is 12.8 Å². The SMILES string of the molecule is CC(CNC1CC1)S(=O)(=O)NCCc1ncc[nH]1. The Morgan fingerprint density at radius 2 is 2.33 bits per heavy atom. The van der Waals surface area contributed by atoms with Gasteiger partial charge in [-0.3, -0.25) is 0 Å². The summed E-state index contributed by atoms with van der Waals surface area (Å²) in [6.07, 6.45) is 6.30. The number of H-pyrrole nitrogens is 1. The molecule has 2 rings (SSSR count). The maximum atomic E-state index is 11.9. The topological polar surface area (TPSA) is 86.9 Å². The lowest BCUT2D eigenvalue weighted by atomic mass is 10.4. The van der Waals surface area contributed by atoms with Gasteiger partial charge in [0, 0.05) is 37.9 Å². The number of nitrogens with one attached hydrogen (secondary N) is 3. The summed E-state index contributed by atoms with van der Waals surface area (Å²) in [5.74, 6) is 0.793. The Labute approximate surface area is 108 Å². The highest BCUT2D eigenvalue weighted by atomic mass is 32.2. The number of aromatic amines is 1. The van der Waals surface area contributed by atoms with E-state index in [9.17, 15) is 8.42 Å². The molecule has 1 aliphatic rings. The molecule has 0 amide bonds. The molecule has 1 atom stereocenters. The zero-order valence-electron chi connectivity index (χ0n) is 10.5. The van der Waals surface area contributed by atoms with Crippen LogP contribution >= 0.6 is 0 Å². The second-order valence-corrected chi connectivity index (χ2v) is 6.90. The van der Waals surface area contributed by atoms with E-state index >= 15 is 0 Å². The van der Waals surface area contributed by atoms with Crippen LogP contribution in [0.15, 0.2) is 12.4 Å².